The fourth-order valence-electron chi connectivity index (χ4n) is 1.95. The molecule has 0 aliphatic rings. The van der Waals surface area contributed by atoms with E-state index in [1.54, 1.807) is 20.8 Å². The van der Waals surface area contributed by atoms with Crippen LogP contribution in [0, 0.1) is 0 Å². The van der Waals surface area contributed by atoms with Gasteiger partial charge in [0.25, 0.3) is 0 Å². The molecule has 0 spiro atoms. The van der Waals surface area contributed by atoms with Gasteiger partial charge in [-0.15, -0.1) is 0 Å². The molecular formula is C15H32N2O6Si. The highest BCUT2D eigenvalue weighted by molar-refractivity contribution is 6.60. The van der Waals surface area contributed by atoms with Crippen LogP contribution in [0.2, 0.25) is 6.04 Å². The maximum absolute atomic E-state index is 11.6. The van der Waals surface area contributed by atoms with E-state index in [2.05, 4.69) is 10.6 Å². The van der Waals surface area contributed by atoms with Gasteiger partial charge in [0, 0.05) is 32.4 Å². The highest BCUT2D eigenvalue weighted by Gasteiger charge is 2.39. The van der Waals surface area contributed by atoms with Crippen molar-refractivity contribution in [3.05, 3.63) is 0 Å². The summed E-state index contributed by atoms with van der Waals surface area (Å²) < 4.78 is 22.2. The monoisotopic (exact) mass is 364 g/mol. The second-order valence-corrected chi connectivity index (χ2v) is 8.70. The van der Waals surface area contributed by atoms with E-state index in [1.165, 1.54) is 0 Å². The van der Waals surface area contributed by atoms with Crippen molar-refractivity contribution in [3.63, 3.8) is 0 Å². The van der Waals surface area contributed by atoms with Crippen LogP contribution in [0.3, 0.4) is 0 Å². The Morgan fingerprint density at radius 1 is 0.958 bits per heavy atom. The van der Waals surface area contributed by atoms with Crippen LogP contribution in [0.1, 0.15) is 48.0 Å². The number of ether oxygens (including phenoxy) is 1. The molecule has 9 heteroatoms. The Balaban J connectivity index is 4.23. The quantitative estimate of drug-likeness (QED) is 0.457. The minimum absolute atomic E-state index is 0.372. The molecule has 0 aliphatic heterocycles. The van der Waals surface area contributed by atoms with Crippen molar-refractivity contribution in [1.82, 2.24) is 10.6 Å². The molecule has 8 nitrogen and oxygen atoms in total. The molecule has 0 saturated heterocycles. The van der Waals surface area contributed by atoms with Crippen molar-refractivity contribution in [3.8, 4) is 0 Å². The van der Waals surface area contributed by atoms with Crippen molar-refractivity contribution in [2.24, 2.45) is 0 Å². The standard InChI is InChI=1S/C15H32N2O6Si/c1-7-20-24(21-8-2,22-9-3)12-10-11-16-13(18)17-14(19)23-15(4,5)6/h7-12H2,1-6H3,(H2,16,17,18,19). The van der Waals surface area contributed by atoms with Crippen LogP contribution in [0.25, 0.3) is 0 Å². The normalized spacial score (nSPS) is 11.9. The minimum atomic E-state index is -2.69. The molecule has 0 heterocycles. The smallest absolute Gasteiger partial charge is 0.443 e. The molecule has 24 heavy (non-hydrogen) atoms. The molecule has 0 bridgehead atoms. The Morgan fingerprint density at radius 3 is 1.88 bits per heavy atom. The zero-order chi connectivity index (χ0) is 18.6. The van der Waals surface area contributed by atoms with Crippen LogP contribution < -0.4 is 10.6 Å². The van der Waals surface area contributed by atoms with Crippen LogP contribution in [0.5, 0.6) is 0 Å². The molecule has 142 valence electrons. The molecular weight excluding hydrogens is 332 g/mol. The van der Waals surface area contributed by atoms with Gasteiger partial charge in [-0.25, -0.2) is 14.9 Å². The van der Waals surface area contributed by atoms with Crippen LogP contribution >= 0.6 is 0 Å². The van der Waals surface area contributed by atoms with Crippen LogP contribution in [0.4, 0.5) is 9.59 Å². The van der Waals surface area contributed by atoms with Gasteiger partial charge in [-0.1, -0.05) is 0 Å². The molecule has 0 radical (unpaired) electrons. The second-order valence-electron chi connectivity index (χ2n) is 5.97. The first-order chi connectivity index (χ1) is 11.2. The number of nitrogens with one attached hydrogen (secondary N) is 2. The maximum Gasteiger partial charge on any atom is 0.500 e. The summed E-state index contributed by atoms with van der Waals surface area (Å²) in [5.41, 5.74) is -0.651. The largest absolute Gasteiger partial charge is 0.500 e. The first-order valence-corrected chi connectivity index (χ1v) is 10.3. The third kappa shape index (κ3) is 10.6. The lowest BCUT2D eigenvalue weighted by molar-refractivity contribution is 0.0546. The third-order valence-electron chi connectivity index (χ3n) is 2.65. The molecule has 0 aromatic rings. The van der Waals surface area contributed by atoms with Gasteiger partial charge in [0.1, 0.15) is 5.60 Å². The van der Waals surface area contributed by atoms with Gasteiger partial charge in [0.05, 0.1) is 0 Å². The lowest BCUT2D eigenvalue weighted by atomic mass is 10.2. The summed E-state index contributed by atoms with van der Waals surface area (Å²) in [6.07, 6.45) is -0.157. The Labute approximate surface area is 145 Å². The maximum atomic E-state index is 11.6. The number of carbonyl (C=O) groups excluding carboxylic acids is 2. The molecule has 2 N–H and O–H groups in total. The number of imide groups is 1. The predicted octanol–water partition coefficient (Wildman–Crippen LogP) is 2.66. The Bertz CT molecular complexity index is 370. The summed E-state index contributed by atoms with van der Waals surface area (Å²) in [4.78, 5) is 23.1. The fourth-order valence-corrected chi connectivity index (χ4v) is 4.56. The van der Waals surface area contributed by atoms with E-state index >= 15 is 0 Å². The Hall–Kier alpha value is -1.16. The van der Waals surface area contributed by atoms with E-state index in [0.717, 1.165) is 0 Å². The van der Waals surface area contributed by atoms with E-state index in [4.69, 9.17) is 18.0 Å². The average molecular weight is 365 g/mol. The first-order valence-electron chi connectivity index (χ1n) is 8.37. The van der Waals surface area contributed by atoms with Crippen molar-refractivity contribution >= 4 is 20.9 Å². The highest BCUT2D eigenvalue weighted by atomic mass is 28.4. The highest BCUT2D eigenvalue weighted by Crippen LogP contribution is 2.17. The van der Waals surface area contributed by atoms with E-state index < -0.39 is 26.5 Å². The number of amides is 3. The van der Waals surface area contributed by atoms with E-state index in [1.807, 2.05) is 20.8 Å². The minimum Gasteiger partial charge on any atom is -0.443 e. The van der Waals surface area contributed by atoms with Gasteiger partial charge < -0.3 is 23.3 Å². The lowest BCUT2D eigenvalue weighted by Crippen LogP contribution is -2.47. The number of hydrogen-bond acceptors (Lipinski definition) is 6. The lowest BCUT2D eigenvalue weighted by Gasteiger charge is -2.28. The molecule has 0 saturated carbocycles. The molecule has 0 fully saturated rings. The predicted molar refractivity (Wildman–Crippen MR) is 92.8 cm³/mol. The Kier molecular flexibility index (Phi) is 10.8. The zero-order valence-electron chi connectivity index (χ0n) is 15.7. The average Bonchev–Trinajstić information content (AvgIpc) is 2.42. The third-order valence-corrected chi connectivity index (χ3v) is 5.80. The van der Waals surface area contributed by atoms with Crippen molar-refractivity contribution in [2.75, 3.05) is 26.4 Å². The SMILES string of the molecule is CCO[Si](CCCNC(=O)NC(=O)OC(C)(C)C)(OCC)OCC. The van der Waals surface area contributed by atoms with E-state index in [9.17, 15) is 9.59 Å². The molecule has 0 aliphatic carbocycles. The van der Waals surface area contributed by atoms with Gasteiger partial charge in [0.15, 0.2) is 0 Å². The van der Waals surface area contributed by atoms with E-state index in [-0.39, 0.29) is 0 Å². The van der Waals surface area contributed by atoms with Crippen LogP contribution in [-0.2, 0) is 18.0 Å². The van der Waals surface area contributed by atoms with Gasteiger partial charge in [-0.3, -0.25) is 0 Å². The zero-order valence-corrected chi connectivity index (χ0v) is 16.7. The summed E-state index contributed by atoms with van der Waals surface area (Å²) in [6.45, 7) is 12.8. The summed E-state index contributed by atoms with van der Waals surface area (Å²) in [5.74, 6) is 0. The molecule has 0 aromatic carbocycles. The van der Waals surface area contributed by atoms with Gasteiger partial charge >= 0.3 is 20.9 Å². The van der Waals surface area contributed by atoms with Gasteiger partial charge in [0.2, 0.25) is 0 Å². The molecule has 0 unspecified atom stereocenters. The summed E-state index contributed by atoms with van der Waals surface area (Å²) in [5, 5.41) is 4.72. The fraction of sp³-hybridized carbons (Fsp3) is 0.867. The van der Waals surface area contributed by atoms with Crippen LogP contribution in [-0.4, -0.2) is 52.9 Å². The molecule has 0 aromatic heterocycles. The summed E-state index contributed by atoms with van der Waals surface area (Å²) in [7, 11) is -2.69. The van der Waals surface area contributed by atoms with Crippen molar-refractivity contribution < 1.29 is 27.6 Å². The topological polar surface area (TPSA) is 95.1 Å². The number of carbonyl (C=O) groups is 2. The van der Waals surface area contributed by atoms with E-state index in [0.29, 0.717) is 38.8 Å². The van der Waals surface area contributed by atoms with Gasteiger partial charge in [-0.05, 0) is 48.0 Å². The van der Waals surface area contributed by atoms with Gasteiger partial charge in [-0.2, -0.15) is 0 Å². The molecule has 0 rings (SSSR count). The second kappa shape index (κ2) is 11.4. The van der Waals surface area contributed by atoms with Crippen LogP contribution in [0.15, 0.2) is 0 Å². The summed E-state index contributed by atoms with van der Waals surface area (Å²) in [6, 6.07) is -0.00403. The number of hydrogen-bond donors (Lipinski definition) is 2. The van der Waals surface area contributed by atoms with Crippen molar-refractivity contribution in [1.29, 1.82) is 0 Å². The number of alkyl carbamates (subject to hydrolysis) is 1. The molecule has 0 atom stereocenters. The summed E-state index contributed by atoms with van der Waals surface area (Å²) >= 11 is 0. The number of rotatable bonds is 10. The Morgan fingerprint density at radius 2 is 1.46 bits per heavy atom. The first kappa shape index (κ1) is 22.8. The number of urea groups is 1. The molecule has 3 amide bonds. The van der Waals surface area contributed by atoms with Crippen molar-refractivity contribution in [2.45, 2.75) is 59.6 Å².